The highest BCUT2D eigenvalue weighted by molar-refractivity contribution is 9.10. The molecule has 0 spiro atoms. The van der Waals surface area contributed by atoms with Crippen LogP contribution in [0.2, 0.25) is 0 Å². The maximum absolute atomic E-state index is 12.4. The van der Waals surface area contributed by atoms with Crippen LogP contribution in [-0.2, 0) is 11.2 Å². The van der Waals surface area contributed by atoms with Crippen molar-refractivity contribution < 1.29 is 4.79 Å². The summed E-state index contributed by atoms with van der Waals surface area (Å²) in [6.45, 7) is 5.53. The maximum atomic E-state index is 12.4. The van der Waals surface area contributed by atoms with Gasteiger partial charge >= 0.3 is 0 Å². The summed E-state index contributed by atoms with van der Waals surface area (Å²) in [5, 5.41) is 0. The first-order valence-electron chi connectivity index (χ1n) is 8.46. The predicted molar refractivity (Wildman–Crippen MR) is 102 cm³/mol. The lowest BCUT2D eigenvalue weighted by molar-refractivity contribution is -0.131. The highest BCUT2D eigenvalue weighted by Gasteiger charge is 2.21. The first-order valence-corrected chi connectivity index (χ1v) is 9.25. The number of piperazine rings is 1. The highest BCUT2D eigenvalue weighted by atomic mass is 79.9. The fraction of sp³-hybridized carbons (Fsp3) is 0.350. The molecule has 2 aromatic carbocycles. The smallest absolute Gasteiger partial charge is 0.223 e. The van der Waals surface area contributed by atoms with Crippen molar-refractivity contribution in [2.24, 2.45) is 0 Å². The van der Waals surface area contributed by atoms with Crippen molar-refractivity contribution in [1.29, 1.82) is 0 Å². The van der Waals surface area contributed by atoms with Gasteiger partial charge in [-0.05, 0) is 42.7 Å². The molecule has 3 nitrogen and oxygen atoms in total. The largest absolute Gasteiger partial charge is 0.368 e. The monoisotopic (exact) mass is 386 g/mol. The number of amides is 1. The number of halogens is 1. The lowest BCUT2D eigenvalue weighted by Crippen LogP contribution is -2.48. The fourth-order valence-corrected chi connectivity index (χ4v) is 3.34. The molecule has 126 valence electrons. The minimum Gasteiger partial charge on any atom is -0.368 e. The number of rotatable bonds is 4. The van der Waals surface area contributed by atoms with E-state index in [1.807, 2.05) is 23.1 Å². The Morgan fingerprint density at radius 2 is 1.75 bits per heavy atom. The Hall–Kier alpha value is -1.81. The van der Waals surface area contributed by atoms with Crippen LogP contribution in [0.1, 0.15) is 17.5 Å². The van der Waals surface area contributed by atoms with Crippen molar-refractivity contribution in [3.63, 3.8) is 0 Å². The number of hydrogen-bond acceptors (Lipinski definition) is 2. The third kappa shape index (κ3) is 4.18. The fourth-order valence-electron chi connectivity index (χ4n) is 3.09. The van der Waals surface area contributed by atoms with E-state index in [4.69, 9.17) is 0 Å². The van der Waals surface area contributed by atoms with Crippen molar-refractivity contribution >= 4 is 27.5 Å². The van der Waals surface area contributed by atoms with Gasteiger partial charge in [0.25, 0.3) is 0 Å². The molecule has 0 aromatic heterocycles. The summed E-state index contributed by atoms with van der Waals surface area (Å²) in [6.07, 6.45) is 1.42. The summed E-state index contributed by atoms with van der Waals surface area (Å²) in [6, 6.07) is 16.7. The molecule has 2 aromatic rings. The molecule has 1 heterocycles. The SMILES string of the molecule is Cc1cc(N2CCN(C(=O)CCc3ccccc3)CC2)ccc1Br. The Kier molecular flexibility index (Phi) is 5.56. The summed E-state index contributed by atoms with van der Waals surface area (Å²) >= 11 is 3.55. The minimum absolute atomic E-state index is 0.269. The van der Waals surface area contributed by atoms with Gasteiger partial charge in [0.1, 0.15) is 0 Å². The normalized spacial score (nSPS) is 14.8. The van der Waals surface area contributed by atoms with Gasteiger partial charge in [0.05, 0.1) is 0 Å². The summed E-state index contributed by atoms with van der Waals surface area (Å²) in [5.41, 5.74) is 3.72. The molecule has 0 unspecified atom stereocenters. The zero-order valence-electron chi connectivity index (χ0n) is 14.0. The molecule has 1 fully saturated rings. The number of benzene rings is 2. The Morgan fingerprint density at radius 3 is 2.42 bits per heavy atom. The second kappa shape index (κ2) is 7.84. The van der Waals surface area contributed by atoms with E-state index in [0.717, 1.165) is 37.1 Å². The molecule has 1 aliphatic heterocycles. The Labute approximate surface area is 152 Å². The van der Waals surface area contributed by atoms with Gasteiger partial charge in [-0.25, -0.2) is 0 Å². The quantitative estimate of drug-likeness (QED) is 0.791. The van der Waals surface area contributed by atoms with Crippen molar-refractivity contribution in [1.82, 2.24) is 4.90 Å². The molecule has 1 saturated heterocycles. The van der Waals surface area contributed by atoms with Crippen LogP contribution in [0.25, 0.3) is 0 Å². The standard InChI is InChI=1S/C20H23BrN2O/c1-16-15-18(8-9-19(16)21)22-11-13-23(14-12-22)20(24)10-7-17-5-3-2-4-6-17/h2-6,8-9,15H,7,10-14H2,1H3. The van der Waals surface area contributed by atoms with Gasteiger partial charge in [-0.3, -0.25) is 4.79 Å². The molecule has 0 radical (unpaired) electrons. The van der Waals surface area contributed by atoms with Crippen molar-refractivity contribution in [3.8, 4) is 0 Å². The molecule has 0 aliphatic carbocycles. The summed E-state index contributed by atoms with van der Waals surface area (Å²) < 4.78 is 1.14. The summed E-state index contributed by atoms with van der Waals surface area (Å²) in [5.74, 6) is 0.269. The average molecular weight is 387 g/mol. The molecule has 4 heteroatoms. The second-order valence-corrected chi connectivity index (χ2v) is 7.14. The number of carbonyl (C=O) groups excluding carboxylic acids is 1. The maximum Gasteiger partial charge on any atom is 0.223 e. The van der Waals surface area contributed by atoms with E-state index in [-0.39, 0.29) is 5.91 Å². The van der Waals surface area contributed by atoms with Gasteiger partial charge in [0, 0.05) is 42.8 Å². The van der Waals surface area contributed by atoms with Crippen LogP contribution in [0.3, 0.4) is 0 Å². The van der Waals surface area contributed by atoms with E-state index >= 15 is 0 Å². The van der Waals surface area contributed by atoms with E-state index in [1.54, 1.807) is 0 Å². The van der Waals surface area contributed by atoms with E-state index in [9.17, 15) is 4.79 Å². The van der Waals surface area contributed by atoms with Crippen LogP contribution in [0.5, 0.6) is 0 Å². The summed E-state index contributed by atoms with van der Waals surface area (Å²) in [4.78, 5) is 16.8. The third-order valence-electron chi connectivity index (χ3n) is 4.61. The van der Waals surface area contributed by atoms with E-state index in [0.29, 0.717) is 6.42 Å². The van der Waals surface area contributed by atoms with Crippen molar-refractivity contribution in [2.75, 3.05) is 31.1 Å². The summed E-state index contributed by atoms with van der Waals surface area (Å²) in [7, 11) is 0. The molecule has 1 amide bonds. The lowest BCUT2D eigenvalue weighted by Gasteiger charge is -2.36. The molecule has 0 bridgehead atoms. The van der Waals surface area contributed by atoms with E-state index in [1.165, 1.54) is 16.8 Å². The molecule has 0 atom stereocenters. The molecular weight excluding hydrogens is 364 g/mol. The Balaban J connectivity index is 1.51. The van der Waals surface area contributed by atoms with Gasteiger partial charge in [-0.1, -0.05) is 46.3 Å². The number of hydrogen-bond donors (Lipinski definition) is 0. The van der Waals surface area contributed by atoms with Crippen molar-refractivity contribution in [3.05, 3.63) is 64.1 Å². The molecule has 0 saturated carbocycles. The minimum atomic E-state index is 0.269. The molecule has 0 N–H and O–H groups in total. The topological polar surface area (TPSA) is 23.6 Å². The van der Waals surface area contributed by atoms with Crippen LogP contribution < -0.4 is 4.90 Å². The van der Waals surface area contributed by atoms with Gasteiger partial charge in [0.2, 0.25) is 5.91 Å². The Morgan fingerprint density at radius 1 is 1.04 bits per heavy atom. The van der Waals surface area contributed by atoms with E-state index < -0.39 is 0 Å². The zero-order valence-corrected chi connectivity index (χ0v) is 15.6. The third-order valence-corrected chi connectivity index (χ3v) is 5.50. The number of anilines is 1. The average Bonchev–Trinajstić information content (AvgIpc) is 2.63. The van der Waals surface area contributed by atoms with E-state index in [2.05, 4.69) is 58.1 Å². The first kappa shape index (κ1) is 17.0. The number of aryl methyl sites for hydroxylation is 2. The lowest BCUT2D eigenvalue weighted by atomic mass is 10.1. The predicted octanol–water partition coefficient (Wildman–Crippen LogP) is 4.04. The first-order chi connectivity index (χ1) is 11.6. The second-order valence-electron chi connectivity index (χ2n) is 6.29. The van der Waals surface area contributed by atoms with Gasteiger partial charge in [0.15, 0.2) is 0 Å². The molecular formula is C20H23BrN2O. The van der Waals surface area contributed by atoms with Crippen LogP contribution >= 0.6 is 15.9 Å². The molecule has 1 aliphatic rings. The zero-order chi connectivity index (χ0) is 16.9. The number of nitrogens with zero attached hydrogens (tertiary/aromatic N) is 2. The van der Waals surface area contributed by atoms with Crippen LogP contribution in [0.4, 0.5) is 5.69 Å². The van der Waals surface area contributed by atoms with Gasteiger partial charge < -0.3 is 9.80 Å². The molecule has 3 rings (SSSR count). The van der Waals surface area contributed by atoms with Gasteiger partial charge in [-0.15, -0.1) is 0 Å². The van der Waals surface area contributed by atoms with Gasteiger partial charge in [-0.2, -0.15) is 0 Å². The van der Waals surface area contributed by atoms with Crippen LogP contribution in [-0.4, -0.2) is 37.0 Å². The van der Waals surface area contributed by atoms with Crippen molar-refractivity contribution in [2.45, 2.75) is 19.8 Å². The van der Waals surface area contributed by atoms with Crippen LogP contribution in [0.15, 0.2) is 53.0 Å². The Bertz CT molecular complexity index is 694. The highest BCUT2D eigenvalue weighted by Crippen LogP contribution is 2.24. The number of carbonyl (C=O) groups is 1. The molecule has 24 heavy (non-hydrogen) atoms. The van der Waals surface area contributed by atoms with Crippen LogP contribution in [0, 0.1) is 6.92 Å².